The standard InChI is InChI=1S/C19H15F3N4O3.ClH/c20-9-1-2-15(13(21)5-9)26-8-12(19(28)29)16(27)11-6-14(22)18(24-17(11)26)25-4-3-10(23)7-25;/h1-2,5-6,8,10H,3-4,7,23H2,(H,28,29);1H. The Morgan fingerprint density at radius 2 is 1.93 bits per heavy atom. The van der Waals surface area contributed by atoms with E-state index in [4.69, 9.17) is 5.73 Å². The molecule has 1 atom stereocenters. The summed E-state index contributed by atoms with van der Waals surface area (Å²) in [6, 6.07) is 3.39. The number of hydrogen-bond donors (Lipinski definition) is 2. The second-order valence-electron chi connectivity index (χ2n) is 6.80. The quantitative estimate of drug-likeness (QED) is 0.648. The number of carbonyl (C=O) groups is 1. The van der Waals surface area contributed by atoms with Gasteiger partial charge in [0.2, 0.25) is 5.43 Å². The lowest BCUT2D eigenvalue weighted by Gasteiger charge is -2.19. The van der Waals surface area contributed by atoms with Crippen molar-refractivity contribution in [2.24, 2.45) is 5.73 Å². The van der Waals surface area contributed by atoms with E-state index in [0.717, 1.165) is 29.0 Å². The topological polar surface area (TPSA) is 101 Å². The molecule has 1 saturated heterocycles. The van der Waals surface area contributed by atoms with Crippen LogP contribution in [0.3, 0.4) is 0 Å². The van der Waals surface area contributed by atoms with Crippen molar-refractivity contribution >= 4 is 35.2 Å². The average Bonchev–Trinajstić information content (AvgIpc) is 3.08. The average molecular weight is 441 g/mol. The summed E-state index contributed by atoms with van der Waals surface area (Å²) < 4.78 is 43.5. The summed E-state index contributed by atoms with van der Waals surface area (Å²) >= 11 is 0. The molecule has 0 bridgehead atoms. The van der Waals surface area contributed by atoms with Crippen LogP contribution >= 0.6 is 12.4 Å². The van der Waals surface area contributed by atoms with Crippen molar-refractivity contribution < 1.29 is 23.1 Å². The number of nitrogens with two attached hydrogens (primary N) is 1. The number of aromatic carboxylic acids is 1. The molecule has 30 heavy (non-hydrogen) atoms. The first kappa shape index (κ1) is 21.6. The third-order valence-corrected chi connectivity index (χ3v) is 4.84. The first-order valence-electron chi connectivity index (χ1n) is 8.71. The van der Waals surface area contributed by atoms with Gasteiger partial charge in [0, 0.05) is 31.4 Å². The zero-order valence-electron chi connectivity index (χ0n) is 15.3. The molecule has 3 N–H and O–H groups in total. The molecule has 1 aliphatic rings. The highest BCUT2D eigenvalue weighted by atomic mass is 35.5. The van der Waals surface area contributed by atoms with Crippen molar-refractivity contribution in [3.8, 4) is 5.69 Å². The number of fused-ring (bicyclic) bond motifs is 1. The molecule has 0 aliphatic carbocycles. The molecule has 4 rings (SSSR count). The molecule has 1 unspecified atom stereocenters. The SMILES string of the molecule is Cl.NC1CCN(c2nc3c(cc2F)c(=O)c(C(=O)O)cn3-c2ccc(F)cc2F)C1. The molecular weight excluding hydrogens is 425 g/mol. The summed E-state index contributed by atoms with van der Waals surface area (Å²) in [5, 5.41) is 9.00. The van der Waals surface area contributed by atoms with E-state index in [2.05, 4.69) is 4.98 Å². The third-order valence-electron chi connectivity index (χ3n) is 4.84. The molecule has 158 valence electrons. The first-order chi connectivity index (χ1) is 13.8. The number of anilines is 1. The smallest absolute Gasteiger partial charge is 0.341 e. The molecule has 1 aliphatic heterocycles. The number of rotatable bonds is 3. The van der Waals surface area contributed by atoms with E-state index in [1.165, 1.54) is 0 Å². The van der Waals surface area contributed by atoms with Gasteiger partial charge in [-0.15, -0.1) is 12.4 Å². The Bertz CT molecular complexity index is 1220. The molecule has 11 heteroatoms. The van der Waals surface area contributed by atoms with Crippen molar-refractivity contribution in [3.05, 3.63) is 63.7 Å². The van der Waals surface area contributed by atoms with Crippen LogP contribution in [0.15, 0.2) is 35.3 Å². The lowest BCUT2D eigenvalue weighted by molar-refractivity contribution is 0.0695. The predicted molar refractivity (Wildman–Crippen MR) is 106 cm³/mol. The highest BCUT2D eigenvalue weighted by Gasteiger charge is 2.26. The van der Waals surface area contributed by atoms with Gasteiger partial charge in [0.05, 0.1) is 11.1 Å². The lowest BCUT2D eigenvalue weighted by Crippen LogP contribution is -2.28. The normalized spacial score (nSPS) is 16.0. The van der Waals surface area contributed by atoms with Crippen LogP contribution in [0.25, 0.3) is 16.7 Å². The van der Waals surface area contributed by atoms with Gasteiger partial charge >= 0.3 is 5.97 Å². The molecule has 7 nitrogen and oxygen atoms in total. The van der Waals surface area contributed by atoms with E-state index in [1.54, 1.807) is 4.90 Å². The van der Waals surface area contributed by atoms with E-state index >= 15 is 0 Å². The lowest BCUT2D eigenvalue weighted by atomic mass is 10.1. The van der Waals surface area contributed by atoms with Gasteiger partial charge in [-0.05, 0) is 24.6 Å². The Morgan fingerprint density at radius 1 is 1.20 bits per heavy atom. The number of pyridine rings is 2. The van der Waals surface area contributed by atoms with Gasteiger partial charge in [0.25, 0.3) is 0 Å². The first-order valence-corrected chi connectivity index (χ1v) is 8.71. The number of halogens is 4. The van der Waals surface area contributed by atoms with E-state index in [-0.39, 0.29) is 41.0 Å². The van der Waals surface area contributed by atoms with Crippen molar-refractivity contribution in [1.82, 2.24) is 9.55 Å². The van der Waals surface area contributed by atoms with Crippen LogP contribution in [0.4, 0.5) is 19.0 Å². The van der Waals surface area contributed by atoms with Crippen LogP contribution in [0.5, 0.6) is 0 Å². The molecule has 3 heterocycles. The zero-order valence-corrected chi connectivity index (χ0v) is 16.1. The van der Waals surface area contributed by atoms with Crippen molar-refractivity contribution in [2.75, 3.05) is 18.0 Å². The monoisotopic (exact) mass is 440 g/mol. The van der Waals surface area contributed by atoms with Gasteiger partial charge in [0.1, 0.15) is 17.2 Å². The second kappa shape index (κ2) is 7.96. The van der Waals surface area contributed by atoms with E-state index < -0.39 is 34.4 Å². The van der Waals surface area contributed by atoms with Gasteiger partial charge in [-0.25, -0.2) is 22.9 Å². The van der Waals surface area contributed by atoms with Crippen LogP contribution in [0.1, 0.15) is 16.8 Å². The number of aromatic nitrogens is 2. The molecule has 0 amide bonds. The van der Waals surface area contributed by atoms with Crippen molar-refractivity contribution in [1.29, 1.82) is 0 Å². The highest BCUT2D eigenvalue weighted by molar-refractivity contribution is 5.92. The maximum atomic E-state index is 14.7. The Balaban J connectivity index is 0.00000256. The van der Waals surface area contributed by atoms with E-state index in [9.17, 15) is 27.9 Å². The van der Waals surface area contributed by atoms with Crippen LogP contribution in [-0.2, 0) is 0 Å². The minimum atomic E-state index is -1.57. The summed E-state index contributed by atoms with van der Waals surface area (Å²) in [6.07, 6.45) is 1.52. The Morgan fingerprint density at radius 3 is 2.53 bits per heavy atom. The largest absolute Gasteiger partial charge is 0.477 e. The van der Waals surface area contributed by atoms with Crippen LogP contribution in [0.2, 0.25) is 0 Å². The zero-order chi connectivity index (χ0) is 20.9. The van der Waals surface area contributed by atoms with E-state index in [1.807, 2.05) is 0 Å². The fraction of sp³-hybridized carbons (Fsp3) is 0.211. The molecule has 0 saturated carbocycles. The molecule has 1 fully saturated rings. The highest BCUT2D eigenvalue weighted by Crippen LogP contribution is 2.26. The molecule has 0 radical (unpaired) electrons. The van der Waals surface area contributed by atoms with Gasteiger partial charge in [-0.3, -0.25) is 9.36 Å². The summed E-state index contributed by atoms with van der Waals surface area (Å²) in [6.45, 7) is 0.788. The van der Waals surface area contributed by atoms with Crippen molar-refractivity contribution in [2.45, 2.75) is 12.5 Å². The number of carboxylic acid groups (broad SMARTS) is 1. The van der Waals surface area contributed by atoms with Crippen LogP contribution < -0.4 is 16.1 Å². The summed E-state index contributed by atoms with van der Waals surface area (Å²) in [5.74, 6) is -4.30. The minimum absolute atomic E-state index is 0. The number of benzene rings is 1. The third kappa shape index (κ3) is 3.59. The number of nitrogens with zero attached hydrogens (tertiary/aromatic N) is 3. The molecule has 1 aromatic carbocycles. The number of hydrogen-bond acceptors (Lipinski definition) is 5. The molecular formula is C19H16ClF3N4O3. The van der Waals surface area contributed by atoms with Gasteiger partial charge in [-0.1, -0.05) is 0 Å². The molecule has 3 aromatic rings. The Kier molecular flexibility index (Phi) is 5.73. The summed E-state index contributed by atoms with van der Waals surface area (Å²) in [7, 11) is 0. The number of carboxylic acids is 1. The Hall–Kier alpha value is -3.11. The van der Waals surface area contributed by atoms with E-state index in [0.29, 0.717) is 25.6 Å². The van der Waals surface area contributed by atoms with Crippen LogP contribution in [0, 0.1) is 17.5 Å². The fourth-order valence-electron chi connectivity index (χ4n) is 3.43. The van der Waals surface area contributed by atoms with Crippen LogP contribution in [-0.4, -0.2) is 39.8 Å². The van der Waals surface area contributed by atoms with Gasteiger partial charge in [-0.2, -0.15) is 0 Å². The van der Waals surface area contributed by atoms with Gasteiger partial charge in [0.15, 0.2) is 17.3 Å². The maximum Gasteiger partial charge on any atom is 0.341 e. The molecule has 0 spiro atoms. The fourth-order valence-corrected chi connectivity index (χ4v) is 3.43. The summed E-state index contributed by atoms with van der Waals surface area (Å²) in [5.41, 5.74) is 3.82. The van der Waals surface area contributed by atoms with Crippen molar-refractivity contribution in [3.63, 3.8) is 0 Å². The second-order valence-corrected chi connectivity index (χ2v) is 6.80. The summed E-state index contributed by atoms with van der Waals surface area (Å²) in [4.78, 5) is 29.8. The Labute approximate surface area is 174 Å². The maximum absolute atomic E-state index is 14.7. The minimum Gasteiger partial charge on any atom is -0.477 e. The molecule has 2 aromatic heterocycles. The van der Waals surface area contributed by atoms with Gasteiger partial charge < -0.3 is 15.7 Å². The predicted octanol–water partition coefficient (Wildman–Crippen LogP) is 2.46.